The molecule has 0 fully saturated rings. The van der Waals surface area contributed by atoms with Crippen LogP contribution in [0, 0.1) is 6.92 Å². The Morgan fingerprint density at radius 3 is 2.37 bits per heavy atom. The number of aromatic nitrogens is 1. The molecule has 27 heavy (non-hydrogen) atoms. The van der Waals surface area contributed by atoms with Crippen molar-refractivity contribution >= 4 is 28.8 Å². The number of nitrogens with zero attached hydrogens (tertiary/aromatic N) is 1. The van der Waals surface area contributed by atoms with Gasteiger partial charge in [-0.1, -0.05) is 26.7 Å². The highest BCUT2D eigenvalue weighted by Gasteiger charge is 2.13. The van der Waals surface area contributed by atoms with E-state index in [0.29, 0.717) is 23.1 Å². The van der Waals surface area contributed by atoms with E-state index in [0.717, 1.165) is 42.8 Å². The van der Waals surface area contributed by atoms with Crippen LogP contribution in [0.1, 0.15) is 55.6 Å². The van der Waals surface area contributed by atoms with Crippen LogP contribution < -0.4 is 16.4 Å². The molecule has 0 unspecified atom stereocenters. The summed E-state index contributed by atoms with van der Waals surface area (Å²) in [5, 5.41) is 6.83. The summed E-state index contributed by atoms with van der Waals surface area (Å²) in [6.07, 6.45) is 4.46. The van der Waals surface area contributed by atoms with Gasteiger partial charge in [-0.25, -0.2) is 9.78 Å². The van der Waals surface area contributed by atoms with Gasteiger partial charge in [0.15, 0.2) is 5.82 Å². The van der Waals surface area contributed by atoms with Gasteiger partial charge in [-0.3, -0.25) is 0 Å². The summed E-state index contributed by atoms with van der Waals surface area (Å²) in [5.41, 5.74) is 10.1. The number of ether oxygens (including phenoxy) is 1. The van der Waals surface area contributed by atoms with Crippen LogP contribution in [-0.4, -0.2) is 24.1 Å². The lowest BCUT2D eigenvalue weighted by molar-refractivity contribution is 0.0601. The summed E-state index contributed by atoms with van der Waals surface area (Å²) in [7, 11) is 1.37. The van der Waals surface area contributed by atoms with E-state index in [1.165, 1.54) is 7.11 Å². The minimum absolute atomic E-state index is 0.362. The average Bonchev–Trinajstić information content (AvgIpc) is 2.66. The molecular weight excluding hydrogens is 340 g/mol. The molecule has 0 saturated heterocycles. The SMILES string of the molecule is CCCC(CCC)Nc1cc(C)nc(Nc2ccc(C(=O)OC)cc2)c1N. The molecular formula is C21H30N4O2. The maximum Gasteiger partial charge on any atom is 0.337 e. The first-order chi connectivity index (χ1) is 13.0. The second-order valence-electron chi connectivity index (χ2n) is 6.69. The number of nitrogen functional groups attached to an aromatic ring is 1. The number of anilines is 4. The maximum absolute atomic E-state index is 11.6. The van der Waals surface area contributed by atoms with Gasteiger partial charge in [-0.15, -0.1) is 0 Å². The smallest absolute Gasteiger partial charge is 0.337 e. The lowest BCUT2D eigenvalue weighted by Crippen LogP contribution is -2.20. The quantitative estimate of drug-likeness (QED) is 0.545. The zero-order valence-corrected chi connectivity index (χ0v) is 16.6. The Kier molecular flexibility index (Phi) is 7.46. The molecule has 6 nitrogen and oxygen atoms in total. The third kappa shape index (κ3) is 5.61. The Morgan fingerprint density at radius 2 is 1.81 bits per heavy atom. The van der Waals surface area contributed by atoms with Crippen LogP contribution in [-0.2, 0) is 4.74 Å². The van der Waals surface area contributed by atoms with Crippen LogP contribution in [0.5, 0.6) is 0 Å². The standard InChI is InChI=1S/C21H30N4O2/c1-5-7-16(8-6-2)24-18-13-14(3)23-20(19(18)22)25-17-11-9-15(10-12-17)21(26)27-4/h9-13,16H,5-8,22H2,1-4H3,(H2,23,24,25). The normalized spacial score (nSPS) is 10.7. The fourth-order valence-electron chi connectivity index (χ4n) is 3.05. The van der Waals surface area contributed by atoms with Gasteiger partial charge in [0.2, 0.25) is 0 Å². The maximum atomic E-state index is 11.6. The number of methoxy groups -OCH3 is 1. The summed E-state index contributed by atoms with van der Waals surface area (Å²) >= 11 is 0. The van der Waals surface area contributed by atoms with E-state index in [-0.39, 0.29) is 5.97 Å². The number of pyridine rings is 1. The van der Waals surface area contributed by atoms with Crippen LogP contribution in [0.4, 0.5) is 22.9 Å². The highest BCUT2D eigenvalue weighted by molar-refractivity contribution is 5.90. The van der Waals surface area contributed by atoms with Crippen molar-refractivity contribution in [2.45, 2.75) is 52.5 Å². The molecule has 0 aliphatic rings. The molecule has 0 radical (unpaired) electrons. The number of benzene rings is 1. The Bertz CT molecular complexity index is 754. The summed E-state index contributed by atoms with van der Waals surface area (Å²) < 4.78 is 4.72. The fraction of sp³-hybridized carbons (Fsp3) is 0.429. The van der Waals surface area contributed by atoms with E-state index in [4.69, 9.17) is 10.5 Å². The number of esters is 1. The molecule has 0 bridgehead atoms. The molecule has 1 heterocycles. The second-order valence-corrected chi connectivity index (χ2v) is 6.69. The predicted octanol–water partition coefficient (Wildman–Crippen LogP) is 4.88. The first-order valence-electron chi connectivity index (χ1n) is 9.47. The van der Waals surface area contributed by atoms with Crippen LogP contribution >= 0.6 is 0 Å². The van der Waals surface area contributed by atoms with Crippen molar-refractivity contribution < 1.29 is 9.53 Å². The molecule has 0 aliphatic heterocycles. The molecule has 146 valence electrons. The zero-order chi connectivity index (χ0) is 19.8. The van der Waals surface area contributed by atoms with Crippen molar-refractivity contribution in [1.82, 2.24) is 4.98 Å². The van der Waals surface area contributed by atoms with E-state index in [9.17, 15) is 4.79 Å². The summed E-state index contributed by atoms with van der Waals surface area (Å²) in [4.78, 5) is 16.1. The van der Waals surface area contributed by atoms with Crippen molar-refractivity contribution in [2.24, 2.45) is 0 Å². The average molecular weight is 370 g/mol. The highest BCUT2D eigenvalue weighted by Crippen LogP contribution is 2.30. The van der Waals surface area contributed by atoms with Crippen molar-refractivity contribution in [1.29, 1.82) is 0 Å². The van der Waals surface area contributed by atoms with Gasteiger partial charge in [-0.05, 0) is 50.1 Å². The fourth-order valence-corrected chi connectivity index (χ4v) is 3.05. The Labute approximate surface area is 161 Å². The minimum atomic E-state index is -0.362. The minimum Gasteiger partial charge on any atom is -0.465 e. The van der Waals surface area contributed by atoms with Gasteiger partial charge in [0.05, 0.1) is 24.0 Å². The monoisotopic (exact) mass is 370 g/mol. The van der Waals surface area contributed by atoms with Crippen LogP contribution in [0.25, 0.3) is 0 Å². The second kappa shape index (κ2) is 9.80. The Balaban J connectivity index is 2.22. The lowest BCUT2D eigenvalue weighted by Gasteiger charge is -2.21. The van der Waals surface area contributed by atoms with E-state index >= 15 is 0 Å². The Hall–Kier alpha value is -2.76. The number of aryl methyl sites for hydroxylation is 1. The molecule has 2 rings (SSSR count). The zero-order valence-electron chi connectivity index (χ0n) is 16.6. The number of nitrogens with two attached hydrogens (primary N) is 1. The van der Waals surface area contributed by atoms with Crippen LogP contribution in [0.15, 0.2) is 30.3 Å². The molecule has 6 heteroatoms. The molecule has 0 amide bonds. The molecule has 0 atom stereocenters. The predicted molar refractivity (Wildman–Crippen MR) is 112 cm³/mol. The van der Waals surface area contributed by atoms with E-state index in [1.54, 1.807) is 24.3 Å². The van der Waals surface area contributed by atoms with Crippen molar-refractivity contribution in [3.8, 4) is 0 Å². The van der Waals surface area contributed by atoms with Crippen LogP contribution in [0.3, 0.4) is 0 Å². The van der Waals surface area contributed by atoms with Gasteiger partial charge >= 0.3 is 5.97 Å². The molecule has 0 spiro atoms. The molecule has 1 aromatic heterocycles. The van der Waals surface area contributed by atoms with Crippen LogP contribution in [0.2, 0.25) is 0 Å². The third-order valence-electron chi connectivity index (χ3n) is 4.39. The number of carbonyl (C=O) groups is 1. The third-order valence-corrected chi connectivity index (χ3v) is 4.39. The molecule has 1 aromatic carbocycles. The van der Waals surface area contributed by atoms with Crippen molar-refractivity contribution in [2.75, 3.05) is 23.5 Å². The molecule has 2 aromatic rings. The van der Waals surface area contributed by atoms with Gasteiger partial charge in [0, 0.05) is 17.4 Å². The van der Waals surface area contributed by atoms with Gasteiger partial charge in [0.25, 0.3) is 0 Å². The molecule has 4 N–H and O–H groups in total. The first kappa shape index (κ1) is 20.6. The summed E-state index contributed by atoms with van der Waals surface area (Å²) in [5.74, 6) is 0.245. The number of hydrogen-bond acceptors (Lipinski definition) is 6. The van der Waals surface area contributed by atoms with E-state index in [2.05, 4.69) is 29.5 Å². The number of carbonyl (C=O) groups excluding carboxylic acids is 1. The topological polar surface area (TPSA) is 89.3 Å². The number of hydrogen-bond donors (Lipinski definition) is 3. The van der Waals surface area contributed by atoms with Gasteiger partial charge in [-0.2, -0.15) is 0 Å². The van der Waals surface area contributed by atoms with Crippen molar-refractivity contribution in [3.63, 3.8) is 0 Å². The first-order valence-corrected chi connectivity index (χ1v) is 9.47. The lowest BCUT2D eigenvalue weighted by atomic mass is 10.1. The summed E-state index contributed by atoms with van der Waals surface area (Å²) in [6.45, 7) is 6.33. The van der Waals surface area contributed by atoms with Crippen molar-refractivity contribution in [3.05, 3.63) is 41.6 Å². The van der Waals surface area contributed by atoms with Gasteiger partial charge < -0.3 is 21.1 Å². The van der Waals surface area contributed by atoms with Gasteiger partial charge in [0.1, 0.15) is 0 Å². The van der Waals surface area contributed by atoms with E-state index < -0.39 is 0 Å². The number of rotatable bonds is 9. The molecule has 0 saturated carbocycles. The largest absolute Gasteiger partial charge is 0.465 e. The van der Waals surface area contributed by atoms with E-state index in [1.807, 2.05) is 13.0 Å². The highest BCUT2D eigenvalue weighted by atomic mass is 16.5. The molecule has 0 aliphatic carbocycles. The number of nitrogens with one attached hydrogen (secondary N) is 2. The summed E-state index contributed by atoms with van der Waals surface area (Å²) in [6, 6.07) is 9.41. The Morgan fingerprint density at radius 1 is 1.19 bits per heavy atom.